The van der Waals surface area contributed by atoms with Crippen molar-refractivity contribution in [3.05, 3.63) is 92.4 Å². The third kappa shape index (κ3) is 5.10. The second-order valence-electron chi connectivity index (χ2n) is 5.84. The Balaban J connectivity index is 1.72. The maximum Gasteiger partial charge on any atom is 0.124 e. The molecule has 0 atom stereocenters. The maximum atomic E-state index is 6.05. The second kappa shape index (κ2) is 8.54. The SMILES string of the molecule is Cc1cc(Br)ccc1NCc1cc(Br)ccc1OCc1ccccc1. The van der Waals surface area contributed by atoms with Gasteiger partial charge in [-0.2, -0.15) is 0 Å². The highest BCUT2D eigenvalue weighted by Gasteiger charge is 2.07. The number of benzene rings is 3. The molecule has 0 aliphatic carbocycles. The van der Waals surface area contributed by atoms with Crippen molar-refractivity contribution in [2.24, 2.45) is 0 Å². The lowest BCUT2D eigenvalue weighted by Gasteiger charge is -2.15. The van der Waals surface area contributed by atoms with Gasteiger partial charge in [-0.25, -0.2) is 0 Å². The van der Waals surface area contributed by atoms with Crippen LogP contribution in [0.3, 0.4) is 0 Å². The van der Waals surface area contributed by atoms with Gasteiger partial charge in [0.15, 0.2) is 0 Å². The lowest BCUT2D eigenvalue weighted by Crippen LogP contribution is -2.04. The number of hydrogen-bond donors (Lipinski definition) is 1. The Hall–Kier alpha value is -1.78. The molecule has 0 fully saturated rings. The van der Waals surface area contributed by atoms with Gasteiger partial charge in [0.05, 0.1) is 0 Å². The highest BCUT2D eigenvalue weighted by Crippen LogP contribution is 2.26. The van der Waals surface area contributed by atoms with Crippen molar-refractivity contribution in [2.45, 2.75) is 20.1 Å². The van der Waals surface area contributed by atoms with Crippen LogP contribution in [0.4, 0.5) is 5.69 Å². The summed E-state index contributed by atoms with van der Waals surface area (Å²) < 4.78 is 8.18. The van der Waals surface area contributed by atoms with E-state index in [0.29, 0.717) is 13.2 Å². The van der Waals surface area contributed by atoms with Gasteiger partial charge in [-0.1, -0.05) is 62.2 Å². The molecular formula is C21H19Br2NO. The van der Waals surface area contributed by atoms with Crippen molar-refractivity contribution >= 4 is 37.5 Å². The van der Waals surface area contributed by atoms with Crippen molar-refractivity contribution < 1.29 is 4.74 Å². The average Bonchev–Trinajstić information content (AvgIpc) is 2.61. The second-order valence-corrected chi connectivity index (χ2v) is 7.67. The van der Waals surface area contributed by atoms with Crippen molar-refractivity contribution in [1.29, 1.82) is 0 Å². The molecule has 0 bridgehead atoms. The van der Waals surface area contributed by atoms with Gasteiger partial charge in [0.1, 0.15) is 12.4 Å². The molecular weight excluding hydrogens is 442 g/mol. The van der Waals surface area contributed by atoms with Gasteiger partial charge < -0.3 is 10.1 Å². The minimum atomic E-state index is 0.562. The van der Waals surface area contributed by atoms with E-state index in [1.54, 1.807) is 0 Å². The Bertz CT molecular complexity index is 850. The molecule has 0 heterocycles. The predicted octanol–water partition coefficient (Wildman–Crippen LogP) is 6.71. The lowest BCUT2D eigenvalue weighted by molar-refractivity contribution is 0.303. The molecule has 0 aliphatic rings. The zero-order valence-electron chi connectivity index (χ0n) is 13.9. The fourth-order valence-electron chi connectivity index (χ4n) is 2.58. The molecule has 0 amide bonds. The normalized spacial score (nSPS) is 10.5. The zero-order valence-corrected chi connectivity index (χ0v) is 17.1. The Morgan fingerprint density at radius 3 is 2.36 bits per heavy atom. The van der Waals surface area contributed by atoms with Crippen molar-refractivity contribution in [3.8, 4) is 5.75 Å². The molecule has 3 aromatic carbocycles. The average molecular weight is 461 g/mol. The third-order valence-electron chi connectivity index (χ3n) is 3.92. The van der Waals surface area contributed by atoms with E-state index in [1.165, 1.54) is 5.56 Å². The Morgan fingerprint density at radius 2 is 1.60 bits per heavy atom. The maximum absolute atomic E-state index is 6.05. The zero-order chi connectivity index (χ0) is 17.6. The Morgan fingerprint density at radius 1 is 0.880 bits per heavy atom. The van der Waals surface area contributed by atoms with Crippen LogP contribution in [0.5, 0.6) is 5.75 Å². The van der Waals surface area contributed by atoms with Crippen LogP contribution in [0, 0.1) is 6.92 Å². The van der Waals surface area contributed by atoms with Crippen LogP contribution in [-0.4, -0.2) is 0 Å². The number of anilines is 1. The van der Waals surface area contributed by atoms with Gasteiger partial charge >= 0.3 is 0 Å². The van der Waals surface area contributed by atoms with E-state index in [-0.39, 0.29) is 0 Å². The van der Waals surface area contributed by atoms with Crippen LogP contribution in [-0.2, 0) is 13.2 Å². The molecule has 0 radical (unpaired) electrons. The smallest absolute Gasteiger partial charge is 0.124 e. The van der Waals surface area contributed by atoms with E-state index in [0.717, 1.165) is 31.5 Å². The predicted molar refractivity (Wildman–Crippen MR) is 111 cm³/mol. The minimum Gasteiger partial charge on any atom is -0.489 e. The van der Waals surface area contributed by atoms with E-state index in [4.69, 9.17) is 4.74 Å². The first-order valence-electron chi connectivity index (χ1n) is 8.07. The number of rotatable bonds is 6. The van der Waals surface area contributed by atoms with E-state index < -0.39 is 0 Å². The van der Waals surface area contributed by atoms with E-state index in [1.807, 2.05) is 36.4 Å². The highest BCUT2D eigenvalue weighted by atomic mass is 79.9. The fraction of sp³-hybridized carbons (Fsp3) is 0.143. The molecule has 0 saturated heterocycles. The molecule has 128 valence electrons. The van der Waals surface area contributed by atoms with E-state index in [9.17, 15) is 0 Å². The number of halogens is 2. The summed E-state index contributed by atoms with van der Waals surface area (Å²) in [6, 6.07) is 22.6. The van der Waals surface area contributed by atoms with Gasteiger partial charge in [-0.3, -0.25) is 0 Å². The summed E-state index contributed by atoms with van der Waals surface area (Å²) in [6.07, 6.45) is 0. The molecule has 3 aromatic rings. The van der Waals surface area contributed by atoms with Crippen LogP contribution in [0.25, 0.3) is 0 Å². The Kier molecular flexibility index (Phi) is 6.16. The summed E-state index contributed by atoms with van der Waals surface area (Å²) in [6.45, 7) is 3.36. The molecule has 25 heavy (non-hydrogen) atoms. The molecule has 1 N–H and O–H groups in total. The van der Waals surface area contributed by atoms with Crippen LogP contribution in [0.2, 0.25) is 0 Å². The quantitative estimate of drug-likeness (QED) is 0.441. The van der Waals surface area contributed by atoms with E-state index >= 15 is 0 Å². The molecule has 0 unspecified atom stereocenters. The summed E-state index contributed by atoms with van der Waals surface area (Å²) in [5.74, 6) is 0.898. The Labute approximate surface area is 165 Å². The fourth-order valence-corrected chi connectivity index (χ4v) is 3.46. The first kappa shape index (κ1) is 18.0. The minimum absolute atomic E-state index is 0.562. The molecule has 3 rings (SSSR count). The summed E-state index contributed by atoms with van der Waals surface area (Å²) in [7, 11) is 0. The van der Waals surface area contributed by atoms with Gasteiger partial charge in [0, 0.05) is 26.7 Å². The van der Waals surface area contributed by atoms with Crippen molar-refractivity contribution in [2.75, 3.05) is 5.32 Å². The van der Waals surface area contributed by atoms with Crippen molar-refractivity contribution in [1.82, 2.24) is 0 Å². The highest BCUT2D eigenvalue weighted by molar-refractivity contribution is 9.10. The number of aryl methyl sites for hydroxylation is 1. The molecule has 0 aromatic heterocycles. The summed E-state index contributed by atoms with van der Waals surface area (Å²) in [4.78, 5) is 0. The number of hydrogen-bond acceptors (Lipinski definition) is 2. The molecule has 0 aliphatic heterocycles. The summed E-state index contributed by atoms with van der Waals surface area (Å²) in [5, 5.41) is 3.50. The topological polar surface area (TPSA) is 21.3 Å². The lowest BCUT2D eigenvalue weighted by atomic mass is 10.1. The molecule has 0 spiro atoms. The van der Waals surface area contributed by atoms with Crippen molar-refractivity contribution in [3.63, 3.8) is 0 Å². The largest absolute Gasteiger partial charge is 0.489 e. The standard InChI is InChI=1S/C21H19Br2NO/c1-15-11-18(22)7-9-20(15)24-13-17-12-19(23)8-10-21(17)25-14-16-5-3-2-4-6-16/h2-12,24H,13-14H2,1H3. The first-order valence-corrected chi connectivity index (χ1v) is 9.65. The third-order valence-corrected chi connectivity index (χ3v) is 4.90. The number of nitrogens with one attached hydrogen (secondary N) is 1. The number of ether oxygens (including phenoxy) is 1. The van der Waals surface area contributed by atoms with E-state index in [2.05, 4.69) is 74.4 Å². The van der Waals surface area contributed by atoms with Gasteiger partial charge in [0.25, 0.3) is 0 Å². The van der Waals surface area contributed by atoms with Gasteiger partial charge in [-0.05, 0) is 54.4 Å². The van der Waals surface area contributed by atoms with Crippen LogP contribution < -0.4 is 10.1 Å². The monoisotopic (exact) mass is 459 g/mol. The van der Waals surface area contributed by atoms with Crippen LogP contribution in [0.1, 0.15) is 16.7 Å². The first-order chi connectivity index (χ1) is 12.1. The molecule has 4 heteroatoms. The summed E-state index contributed by atoms with van der Waals surface area (Å²) in [5.41, 5.74) is 4.61. The van der Waals surface area contributed by atoms with Gasteiger partial charge in [0.2, 0.25) is 0 Å². The van der Waals surface area contributed by atoms with Crippen LogP contribution in [0.15, 0.2) is 75.7 Å². The van der Waals surface area contributed by atoms with Crippen LogP contribution >= 0.6 is 31.9 Å². The van der Waals surface area contributed by atoms with Gasteiger partial charge in [-0.15, -0.1) is 0 Å². The summed E-state index contributed by atoms with van der Waals surface area (Å²) >= 11 is 7.06. The molecule has 2 nitrogen and oxygen atoms in total. The molecule has 0 saturated carbocycles.